The van der Waals surface area contributed by atoms with Crippen molar-refractivity contribution in [3.05, 3.63) is 77.3 Å². The topological polar surface area (TPSA) is 90.2 Å². The Labute approximate surface area is 186 Å². The van der Waals surface area contributed by atoms with Crippen molar-refractivity contribution >= 4 is 22.8 Å². The van der Waals surface area contributed by atoms with E-state index in [0.29, 0.717) is 36.4 Å². The van der Waals surface area contributed by atoms with Gasteiger partial charge < -0.3 is 19.7 Å². The molecule has 0 aliphatic carbocycles. The lowest BCUT2D eigenvalue weighted by atomic mass is 9.87. The number of primary amides is 1. The lowest BCUT2D eigenvalue weighted by molar-refractivity contribution is 0.0991. The fraction of sp³-hybridized carbons (Fsp3) is 0.320. The Balaban J connectivity index is 1.25. The zero-order chi connectivity index (χ0) is 22.1. The fourth-order valence-corrected chi connectivity index (χ4v) is 4.77. The average molecular weight is 430 g/mol. The predicted molar refractivity (Wildman–Crippen MR) is 124 cm³/mol. The first-order chi connectivity index (χ1) is 15.6. The van der Waals surface area contributed by atoms with Crippen LogP contribution in [0.3, 0.4) is 0 Å². The summed E-state index contributed by atoms with van der Waals surface area (Å²) in [5.41, 5.74) is 9.87. The molecule has 0 unspecified atom stereocenters. The molecule has 0 saturated carbocycles. The maximum absolute atomic E-state index is 11.9. The number of benzene rings is 2. The van der Waals surface area contributed by atoms with Crippen molar-refractivity contribution in [2.24, 2.45) is 5.73 Å². The normalized spacial score (nSPS) is 14.8. The number of fused-ring (bicyclic) bond motifs is 1. The number of amides is 1. The lowest BCUT2D eigenvalue weighted by Crippen LogP contribution is -2.33. The number of aryl methyl sites for hydroxylation is 3. The van der Waals surface area contributed by atoms with Crippen LogP contribution in [0.4, 0.5) is 5.95 Å². The summed E-state index contributed by atoms with van der Waals surface area (Å²) in [6.07, 6.45) is 2.68. The van der Waals surface area contributed by atoms with Crippen LogP contribution in [0.15, 0.2) is 59.1 Å². The van der Waals surface area contributed by atoms with Crippen molar-refractivity contribution in [2.45, 2.75) is 38.6 Å². The number of aromatic nitrogens is 3. The van der Waals surface area contributed by atoms with Crippen molar-refractivity contribution in [3.63, 3.8) is 0 Å². The van der Waals surface area contributed by atoms with Crippen LogP contribution in [0.5, 0.6) is 0 Å². The Morgan fingerprint density at radius 2 is 1.88 bits per heavy atom. The highest BCUT2D eigenvalue weighted by atomic mass is 16.5. The molecule has 0 spiro atoms. The summed E-state index contributed by atoms with van der Waals surface area (Å²) in [6.45, 7) is 4.55. The minimum absolute atomic E-state index is 0.441. The molecule has 1 amide bonds. The summed E-state index contributed by atoms with van der Waals surface area (Å²) in [5, 5.41) is 5.20. The second-order valence-corrected chi connectivity index (χ2v) is 8.46. The van der Waals surface area contributed by atoms with E-state index in [1.54, 1.807) is 0 Å². The molecule has 1 fully saturated rings. The highest BCUT2D eigenvalue weighted by Gasteiger charge is 2.24. The van der Waals surface area contributed by atoms with Gasteiger partial charge in [-0.05, 0) is 54.1 Å². The van der Waals surface area contributed by atoms with Crippen LogP contribution < -0.4 is 10.6 Å². The van der Waals surface area contributed by atoms with Crippen molar-refractivity contribution in [1.82, 2.24) is 14.7 Å². The van der Waals surface area contributed by atoms with Gasteiger partial charge in [-0.1, -0.05) is 42.5 Å². The van der Waals surface area contributed by atoms with Gasteiger partial charge in [-0.15, -0.1) is 0 Å². The molecular formula is C25H27N5O2. The summed E-state index contributed by atoms with van der Waals surface area (Å²) < 4.78 is 7.45. The van der Waals surface area contributed by atoms with Gasteiger partial charge in [0, 0.05) is 37.0 Å². The molecule has 0 bridgehead atoms. The maximum Gasteiger partial charge on any atom is 0.266 e. The third-order valence-electron chi connectivity index (χ3n) is 6.48. The number of nitrogens with zero attached hydrogens (tertiary/aromatic N) is 4. The molecule has 164 valence electrons. The maximum atomic E-state index is 11.9. The van der Waals surface area contributed by atoms with Crippen LogP contribution in [-0.2, 0) is 13.0 Å². The fourth-order valence-electron chi connectivity index (χ4n) is 4.77. The number of para-hydroxylation sites is 1. The highest BCUT2D eigenvalue weighted by molar-refractivity contribution is 5.97. The molecule has 4 aromatic rings. The molecule has 1 aliphatic rings. The van der Waals surface area contributed by atoms with Gasteiger partial charge in [0.2, 0.25) is 5.89 Å². The summed E-state index contributed by atoms with van der Waals surface area (Å²) >= 11 is 0. The summed E-state index contributed by atoms with van der Waals surface area (Å²) in [6, 6.07) is 18.3. The summed E-state index contributed by atoms with van der Waals surface area (Å²) in [7, 11) is 0. The number of carbonyl (C=O) groups excluding carboxylic acids is 1. The molecule has 3 heterocycles. The van der Waals surface area contributed by atoms with Crippen molar-refractivity contribution in [3.8, 4) is 0 Å². The SMILES string of the molecule is Cc1ccccc1C1CCN(c2noc(CCn3c(C(N)=O)cc4ccccc43)n2)CC1. The summed E-state index contributed by atoms with van der Waals surface area (Å²) in [4.78, 5) is 18.7. The van der Waals surface area contributed by atoms with E-state index in [4.69, 9.17) is 10.3 Å². The van der Waals surface area contributed by atoms with Gasteiger partial charge in [0.1, 0.15) is 5.69 Å². The Morgan fingerprint density at radius 1 is 1.12 bits per heavy atom. The largest absolute Gasteiger partial charge is 0.364 e. The molecule has 2 aromatic carbocycles. The Kier molecular flexibility index (Phi) is 5.39. The zero-order valence-corrected chi connectivity index (χ0v) is 18.2. The van der Waals surface area contributed by atoms with Crippen LogP contribution in [0, 0.1) is 6.92 Å². The average Bonchev–Trinajstić information content (AvgIpc) is 3.43. The molecule has 0 radical (unpaired) electrons. The standard InChI is InChI=1S/C25H27N5O2/c1-17-6-2-4-8-20(17)18-10-13-29(14-11-18)25-27-23(32-28-25)12-15-30-21-9-5-3-7-19(21)16-22(30)24(26)31/h2-9,16,18H,10-15H2,1H3,(H2,26,31). The molecule has 7 nitrogen and oxygen atoms in total. The Hall–Kier alpha value is -3.61. The second-order valence-electron chi connectivity index (χ2n) is 8.46. The van der Waals surface area contributed by atoms with Gasteiger partial charge in [-0.2, -0.15) is 4.98 Å². The van der Waals surface area contributed by atoms with E-state index in [-0.39, 0.29) is 0 Å². The van der Waals surface area contributed by atoms with E-state index in [9.17, 15) is 4.79 Å². The third-order valence-corrected chi connectivity index (χ3v) is 6.48. The van der Waals surface area contributed by atoms with Gasteiger partial charge in [0.15, 0.2) is 0 Å². The molecule has 1 aliphatic heterocycles. The molecule has 0 atom stereocenters. The van der Waals surface area contributed by atoms with Crippen LogP contribution >= 0.6 is 0 Å². The van der Waals surface area contributed by atoms with Crippen molar-refractivity contribution in [1.29, 1.82) is 0 Å². The van der Waals surface area contributed by atoms with Crippen LogP contribution in [0.25, 0.3) is 10.9 Å². The first kappa shape index (κ1) is 20.3. The van der Waals surface area contributed by atoms with Crippen molar-refractivity contribution < 1.29 is 9.32 Å². The Morgan fingerprint density at radius 3 is 2.66 bits per heavy atom. The van der Waals surface area contributed by atoms with Crippen molar-refractivity contribution in [2.75, 3.05) is 18.0 Å². The van der Waals surface area contributed by atoms with Gasteiger partial charge in [0.25, 0.3) is 11.9 Å². The first-order valence-corrected chi connectivity index (χ1v) is 11.1. The van der Waals surface area contributed by atoms with E-state index in [1.165, 1.54) is 11.1 Å². The third kappa shape index (κ3) is 3.86. The van der Waals surface area contributed by atoms with E-state index in [0.717, 1.165) is 36.8 Å². The molecule has 2 aromatic heterocycles. The number of carbonyl (C=O) groups is 1. The smallest absolute Gasteiger partial charge is 0.266 e. The van der Waals surface area contributed by atoms with Gasteiger partial charge in [-0.3, -0.25) is 4.79 Å². The highest BCUT2D eigenvalue weighted by Crippen LogP contribution is 2.31. The molecule has 7 heteroatoms. The number of rotatable bonds is 6. The van der Waals surface area contributed by atoms with E-state index in [2.05, 4.69) is 46.2 Å². The minimum atomic E-state index is -0.441. The Bertz CT molecular complexity index is 1250. The zero-order valence-electron chi connectivity index (χ0n) is 18.2. The number of piperidine rings is 1. The van der Waals surface area contributed by atoms with Crippen LogP contribution in [-0.4, -0.2) is 33.7 Å². The minimum Gasteiger partial charge on any atom is -0.364 e. The molecule has 1 saturated heterocycles. The quantitative estimate of drug-likeness (QED) is 0.499. The molecule has 32 heavy (non-hydrogen) atoms. The van der Waals surface area contributed by atoms with Gasteiger partial charge in [0.05, 0.1) is 0 Å². The number of hydrogen-bond acceptors (Lipinski definition) is 5. The van der Waals surface area contributed by atoms with E-state index >= 15 is 0 Å². The first-order valence-electron chi connectivity index (χ1n) is 11.1. The van der Waals surface area contributed by atoms with Gasteiger partial charge >= 0.3 is 0 Å². The second kappa shape index (κ2) is 8.49. The van der Waals surface area contributed by atoms with E-state index in [1.807, 2.05) is 34.9 Å². The molecule has 5 rings (SSSR count). The van der Waals surface area contributed by atoms with Crippen LogP contribution in [0.1, 0.15) is 46.3 Å². The number of hydrogen-bond donors (Lipinski definition) is 1. The van der Waals surface area contributed by atoms with Crippen LogP contribution in [0.2, 0.25) is 0 Å². The summed E-state index contributed by atoms with van der Waals surface area (Å²) in [5.74, 6) is 1.35. The van der Waals surface area contributed by atoms with Gasteiger partial charge in [-0.25, -0.2) is 0 Å². The molecular weight excluding hydrogens is 402 g/mol. The monoisotopic (exact) mass is 429 g/mol. The lowest BCUT2D eigenvalue weighted by Gasteiger charge is -2.31. The number of nitrogens with two attached hydrogens (primary N) is 1. The number of anilines is 1. The predicted octanol–water partition coefficient (Wildman–Crippen LogP) is 4.06. The molecule has 2 N–H and O–H groups in total. The van der Waals surface area contributed by atoms with E-state index < -0.39 is 5.91 Å².